The Hall–Kier alpha value is -1.02. The summed E-state index contributed by atoms with van der Waals surface area (Å²) in [5, 5.41) is 2.47. The zero-order chi connectivity index (χ0) is 13.2. The van der Waals surface area contributed by atoms with Gasteiger partial charge in [-0.05, 0) is 42.6 Å². The van der Waals surface area contributed by atoms with Crippen LogP contribution in [0, 0.1) is 17.8 Å². The number of amides is 1. The zero-order valence-corrected chi connectivity index (χ0v) is 11.8. The minimum Gasteiger partial charge on any atom is -0.354 e. The van der Waals surface area contributed by atoms with Gasteiger partial charge in [0.15, 0.2) is 0 Å². The van der Waals surface area contributed by atoms with Crippen LogP contribution in [0.4, 0.5) is 0 Å². The summed E-state index contributed by atoms with van der Waals surface area (Å²) in [6.45, 7) is 0.802. The van der Waals surface area contributed by atoms with Gasteiger partial charge in [-0.15, -0.1) is 11.6 Å². The first-order valence-corrected chi connectivity index (χ1v) is 7.64. The summed E-state index contributed by atoms with van der Waals surface area (Å²) < 4.78 is 0. The maximum Gasteiger partial charge on any atom is 0.242 e. The fourth-order valence-corrected chi connectivity index (χ4v) is 3.94. The Bertz CT molecular complexity index is 447. The van der Waals surface area contributed by atoms with E-state index in [0.29, 0.717) is 5.92 Å². The Labute approximate surface area is 119 Å². The van der Waals surface area contributed by atoms with Crippen LogP contribution in [0.25, 0.3) is 0 Å². The van der Waals surface area contributed by atoms with E-state index in [4.69, 9.17) is 11.6 Å². The molecule has 2 fully saturated rings. The summed E-state index contributed by atoms with van der Waals surface area (Å²) in [6, 6.07) is 9.55. The quantitative estimate of drug-likeness (QED) is 0.839. The van der Waals surface area contributed by atoms with Crippen LogP contribution in [0.3, 0.4) is 0 Å². The van der Waals surface area contributed by atoms with Crippen molar-refractivity contribution in [2.75, 3.05) is 6.54 Å². The Morgan fingerprint density at radius 1 is 1.26 bits per heavy atom. The number of hydrogen-bond donors (Lipinski definition) is 1. The van der Waals surface area contributed by atoms with Crippen molar-refractivity contribution >= 4 is 17.5 Å². The fourth-order valence-electron chi connectivity index (χ4n) is 3.72. The first-order valence-electron chi connectivity index (χ1n) is 7.21. The number of nitrogens with one attached hydrogen (secondary N) is 1. The summed E-state index contributed by atoms with van der Waals surface area (Å²) in [4.78, 5) is 12.1. The largest absolute Gasteiger partial charge is 0.354 e. The molecule has 1 N–H and O–H groups in total. The van der Waals surface area contributed by atoms with Gasteiger partial charge >= 0.3 is 0 Å². The van der Waals surface area contributed by atoms with E-state index in [0.717, 1.165) is 23.9 Å². The number of benzene rings is 1. The minimum atomic E-state index is -0.570. The predicted molar refractivity (Wildman–Crippen MR) is 77.0 cm³/mol. The normalized spacial score (nSPS) is 30.3. The molecule has 2 aliphatic carbocycles. The van der Waals surface area contributed by atoms with E-state index < -0.39 is 5.38 Å². The van der Waals surface area contributed by atoms with Crippen molar-refractivity contribution in [2.45, 2.75) is 31.1 Å². The average Bonchev–Trinajstić information content (AvgIpc) is 3.07. The number of fused-ring (bicyclic) bond motifs is 2. The maximum absolute atomic E-state index is 12.1. The van der Waals surface area contributed by atoms with Gasteiger partial charge in [-0.25, -0.2) is 0 Å². The second-order valence-electron chi connectivity index (χ2n) is 5.95. The van der Waals surface area contributed by atoms with Gasteiger partial charge in [-0.2, -0.15) is 0 Å². The molecule has 3 rings (SSSR count). The Morgan fingerprint density at radius 3 is 2.68 bits per heavy atom. The second kappa shape index (κ2) is 5.54. The van der Waals surface area contributed by atoms with Crippen molar-refractivity contribution in [1.82, 2.24) is 5.32 Å². The monoisotopic (exact) mass is 277 g/mol. The number of carbonyl (C=O) groups is 1. The summed E-state index contributed by atoms with van der Waals surface area (Å²) in [7, 11) is 0. The molecule has 3 heteroatoms. The van der Waals surface area contributed by atoms with Gasteiger partial charge in [0.2, 0.25) is 5.91 Å². The molecule has 0 spiro atoms. The molecule has 102 valence electrons. The molecule has 0 heterocycles. The molecule has 1 amide bonds. The third kappa shape index (κ3) is 2.79. The highest BCUT2D eigenvalue weighted by atomic mass is 35.5. The molecular weight excluding hydrogens is 258 g/mol. The molecule has 0 unspecified atom stereocenters. The van der Waals surface area contributed by atoms with E-state index in [1.807, 2.05) is 30.3 Å². The van der Waals surface area contributed by atoms with Crippen LogP contribution in [-0.4, -0.2) is 12.5 Å². The van der Waals surface area contributed by atoms with Gasteiger partial charge in [0, 0.05) is 6.54 Å². The average molecular weight is 278 g/mol. The van der Waals surface area contributed by atoms with Crippen LogP contribution in [0.5, 0.6) is 0 Å². The number of carbonyl (C=O) groups excluding carboxylic acids is 1. The summed E-state index contributed by atoms with van der Waals surface area (Å²) in [5.74, 6) is 2.39. The standard InChI is InChI=1S/C16H20ClNO/c17-15(12-4-2-1-3-5-12)16(19)18-10-14-9-11-6-7-13(14)8-11/h1-5,11,13-15H,6-10H2,(H,18,19)/t11-,13-,14-,15+/m1/s1. The van der Waals surface area contributed by atoms with Crippen LogP contribution < -0.4 is 5.32 Å². The topological polar surface area (TPSA) is 29.1 Å². The lowest BCUT2D eigenvalue weighted by Crippen LogP contribution is -2.33. The van der Waals surface area contributed by atoms with Gasteiger partial charge in [0.1, 0.15) is 5.38 Å². The third-order valence-electron chi connectivity index (χ3n) is 4.75. The van der Waals surface area contributed by atoms with E-state index in [1.54, 1.807) is 0 Å². The lowest BCUT2D eigenvalue weighted by atomic mass is 9.89. The molecule has 0 radical (unpaired) electrons. The summed E-state index contributed by atoms with van der Waals surface area (Å²) >= 11 is 6.21. The molecule has 0 aliphatic heterocycles. The smallest absolute Gasteiger partial charge is 0.242 e. The zero-order valence-electron chi connectivity index (χ0n) is 11.0. The Balaban J connectivity index is 1.51. The predicted octanol–water partition coefficient (Wildman–Crippen LogP) is 3.52. The van der Waals surface area contributed by atoms with Gasteiger partial charge in [0.05, 0.1) is 0 Å². The highest BCUT2D eigenvalue weighted by Gasteiger charge is 2.39. The number of alkyl halides is 1. The fraction of sp³-hybridized carbons (Fsp3) is 0.562. The van der Waals surface area contributed by atoms with Crippen LogP contribution in [-0.2, 0) is 4.79 Å². The molecule has 4 atom stereocenters. The van der Waals surface area contributed by atoms with Crippen molar-refractivity contribution in [3.8, 4) is 0 Å². The summed E-state index contributed by atoms with van der Waals surface area (Å²) in [5.41, 5.74) is 0.870. The van der Waals surface area contributed by atoms with E-state index in [2.05, 4.69) is 5.32 Å². The van der Waals surface area contributed by atoms with Crippen molar-refractivity contribution in [1.29, 1.82) is 0 Å². The van der Waals surface area contributed by atoms with Crippen molar-refractivity contribution < 1.29 is 4.79 Å². The molecule has 1 aromatic carbocycles. The molecule has 1 aromatic rings. The van der Waals surface area contributed by atoms with Crippen molar-refractivity contribution in [3.63, 3.8) is 0 Å². The molecular formula is C16H20ClNO. The van der Waals surface area contributed by atoms with E-state index in [-0.39, 0.29) is 5.91 Å². The first-order chi connectivity index (χ1) is 9.24. The van der Waals surface area contributed by atoms with E-state index in [9.17, 15) is 4.79 Å². The van der Waals surface area contributed by atoms with Crippen LogP contribution in [0.1, 0.15) is 36.6 Å². The molecule has 2 bridgehead atoms. The molecule has 2 aliphatic rings. The molecule has 19 heavy (non-hydrogen) atoms. The lowest BCUT2D eigenvalue weighted by Gasteiger charge is -2.22. The van der Waals surface area contributed by atoms with Gasteiger partial charge < -0.3 is 5.32 Å². The van der Waals surface area contributed by atoms with E-state index >= 15 is 0 Å². The highest BCUT2D eigenvalue weighted by Crippen LogP contribution is 2.47. The van der Waals surface area contributed by atoms with Crippen LogP contribution >= 0.6 is 11.6 Å². The SMILES string of the molecule is O=C(NC[C@H]1C[C@@H]2CC[C@@H]1C2)[C@@H](Cl)c1ccccc1. The molecule has 0 saturated heterocycles. The Morgan fingerprint density at radius 2 is 2.05 bits per heavy atom. The molecule has 2 saturated carbocycles. The first kappa shape index (κ1) is 13.0. The van der Waals surface area contributed by atoms with Gasteiger partial charge in [0.25, 0.3) is 0 Å². The van der Waals surface area contributed by atoms with Crippen LogP contribution in [0.15, 0.2) is 30.3 Å². The molecule has 0 aromatic heterocycles. The lowest BCUT2D eigenvalue weighted by molar-refractivity contribution is -0.121. The number of halogens is 1. The van der Waals surface area contributed by atoms with Gasteiger partial charge in [-0.1, -0.05) is 36.8 Å². The maximum atomic E-state index is 12.1. The Kier molecular flexibility index (Phi) is 3.79. The highest BCUT2D eigenvalue weighted by molar-refractivity contribution is 6.30. The minimum absolute atomic E-state index is 0.0596. The van der Waals surface area contributed by atoms with Crippen molar-refractivity contribution in [3.05, 3.63) is 35.9 Å². The summed E-state index contributed by atoms with van der Waals surface area (Å²) in [6.07, 6.45) is 5.43. The van der Waals surface area contributed by atoms with Crippen molar-refractivity contribution in [2.24, 2.45) is 17.8 Å². The number of rotatable bonds is 4. The second-order valence-corrected chi connectivity index (χ2v) is 6.39. The number of hydrogen-bond acceptors (Lipinski definition) is 1. The van der Waals surface area contributed by atoms with Gasteiger partial charge in [-0.3, -0.25) is 4.79 Å². The van der Waals surface area contributed by atoms with E-state index in [1.165, 1.54) is 25.7 Å². The van der Waals surface area contributed by atoms with Crippen LogP contribution in [0.2, 0.25) is 0 Å². The molecule has 2 nitrogen and oxygen atoms in total. The third-order valence-corrected chi connectivity index (χ3v) is 5.20.